The fourth-order valence-electron chi connectivity index (χ4n) is 4.24. The number of H-pyrrole nitrogens is 2. The number of ether oxygens (including phenoxy) is 2. The van der Waals surface area contributed by atoms with Gasteiger partial charge in [0.2, 0.25) is 0 Å². The Morgan fingerprint density at radius 1 is 1.15 bits per heavy atom. The second kappa shape index (κ2) is 8.97. The van der Waals surface area contributed by atoms with Crippen LogP contribution in [0.5, 0.6) is 11.5 Å². The van der Waals surface area contributed by atoms with Crippen molar-refractivity contribution in [3.05, 3.63) is 77.5 Å². The van der Waals surface area contributed by atoms with Gasteiger partial charge in [0.05, 0.1) is 19.4 Å². The van der Waals surface area contributed by atoms with E-state index < -0.39 is 0 Å². The number of likely N-dealkylation sites (tertiary alicyclic amines) is 1. The van der Waals surface area contributed by atoms with Crippen LogP contribution in [0.4, 0.5) is 4.39 Å². The van der Waals surface area contributed by atoms with Crippen LogP contribution in [-0.2, 0) is 6.42 Å². The summed E-state index contributed by atoms with van der Waals surface area (Å²) in [4.78, 5) is 17.8. The molecule has 0 saturated carbocycles. The molecule has 1 amide bonds. The molecule has 3 heterocycles. The minimum atomic E-state index is -0.326. The summed E-state index contributed by atoms with van der Waals surface area (Å²) in [5.41, 5.74) is 3.07. The monoisotopic (exact) mass is 448 g/mol. The molecule has 2 aromatic carbocycles. The predicted molar refractivity (Wildman–Crippen MR) is 122 cm³/mol. The van der Waals surface area contributed by atoms with Crippen LogP contribution in [0.25, 0.3) is 10.9 Å². The van der Waals surface area contributed by atoms with Crippen LogP contribution >= 0.6 is 0 Å². The number of aromatic nitrogens is 3. The van der Waals surface area contributed by atoms with Crippen molar-refractivity contribution in [1.29, 1.82) is 0 Å². The zero-order valence-corrected chi connectivity index (χ0v) is 18.3. The van der Waals surface area contributed by atoms with E-state index in [4.69, 9.17) is 9.47 Å². The highest BCUT2D eigenvalue weighted by molar-refractivity contribution is 5.98. The van der Waals surface area contributed by atoms with Crippen LogP contribution < -0.4 is 9.47 Å². The van der Waals surface area contributed by atoms with E-state index in [1.54, 1.807) is 19.2 Å². The van der Waals surface area contributed by atoms with Gasteiger partial charge in [0.1, 0.15) is 23.0 Å². The summed E-state index contributed by atoms with van der Waals surface area (Å²) in [5, 5.41) is 8.39. The molecule has 8 heteroatoms. The number of nitrogens with zero attached hydrogens (tertiary/aromatic N) is 2. The Kier molecular flexibility index (Phi) is 5.73. The lowest BCUT2D eigenvalue weighted by Crippen LogP contribution is -2.28. The molecule has 7 nitrogen and oxygen atoms in total. The molecule has 33 heavy (non-hydrogen) atoms. The van der Waals surface area contributed by atoms with Crippen molar-refractivity contribution in [2.45, 2.75) is 18.8 Å². The minimum absolute atomic E-state index is 0.0715. The average Bonchev–Trinajstić information content (AvgIpc) is 3.58. The number of hydrogen-bond donors (Lipinski definition) is 2. The highest BCUT2D eigenvalue weighted by Gasteiger charge is 2.30. The minimum Gasteiger partial charge on any atom is -0.497 e. The summed E-state index contributed by atoms with van der Waals surface area (Å²) >= 11 is 0. The zero-order valence-electron chi connectivity index (χ0n) is 18.3. The van der Waals surface area contributed by atoms with E-state index in [1.165, 1.54) is 12.1 Å². The second-order valence-electron chi connectivity index (χ2n) is 8.24. The van der Waals surface area contributed by atoms with E-state index in [2.05, 4.69) is 21.2 Å². The third-order valence-corrected chi connectivity index (χ3v) is 6.06. The lowest BCUT2D eigenvalue weighted by Gasteiger charge is -2.15. The number of carbonyl (C=O) groups is 1. The first-order valence-electron chi connectivity index (χ1n) is 11.0. The van der Waals surface area contributed by atoms with Crippen molar-refractivity contribution in [2.24, 2.45) is 0 Å². The number of rotatable bonds is 7. The molecule has 2 N–H and O–H groups in total. The standard InChI is InChI=1S/C25H25FN4O3/c1-32-20-4-6-21(7-5-20)33-11-9-19-14-23(29-28-19)17-8-10-30(15-17)25(31)24-12-16-2-3-18(26)13-22(16)27-24/h2-7,12-14,17,27H,8-11,15H2,1H3,(H,28,29)/t17-/m0/s1. The van der Waals surface area contributed by atoms with Gasteiger partial charge in [-0.1, -0.05) is 0 Å². The fraction of sp³-hybridized carbons (Fsp3) is 0.280. The summed E-state index contributed by atoms with van der Waals surface area (Å²) in [6.07, 6.45) is 1.56. The van der Waals surface area contributed by atoms with E-state index in [-0.39, 0.29) is 17.6 Å². The predicted octanol–water partition coefficient (Wildman–Crippen LogP) is 4.29. The largest absolute Gasteiger partial charge is 0.497 e. The van der Waals surface area contributed by atoms with Crippen molar-refractivity contribution in [3.8, 4) is 11.5 Å². The first kappa shape index (κ1) is 21.1. The molecule has 2 aromatic heterocycles. The first-order valence-corrected chi connectivity index (χ1v) is 11.0. The van der Waals surface area contributed by atoms with Crippen molar-refractivity contribution in [2.75, 3.05) is 26.8 Å². The molecule has 0 radical (unpaired) electrons. The van der Waals surface area contributed by atoms with E-state index in [0.29, 0.717) is 37.3 Å². The van der Waals surface area contributed by atoms with Crippen LogP contribution in [0, 0.1) is 5.82 Å². The molecule has 4 aromatic rings. The Hall–Kier alpha value is -3.81. The van der Waals surface area contributed by atoms with Crippen LogP contribution in [-0.4, -0.2) is 52.8 Å². The molecule has 170 valence electrons. The van der Waals surface area contributed by atoms with Gasteiger partial charge in [-0.05, 0) is 61.0 Å². The number of amides is 1. The highest BCUT2D eigenvalue weighted by atomic mass is 19.1. The third kappa shape index (κ3) is 4.55. The van der Waals surface area contributed by atoms with Gasteiger partial charge in [-0.2, -0.15) is 5.10 Å². The van der Waals surface area contributed by atoms with Gasteiger partial charge < -0.3 is 19.4 Å². The lowest BCUT2D eigenvalue weighted by molar-refractivity contribution is 0.0786. The zero-order chi connectivity index (χ0) is 22.8. The van der Waals surface area contributed by atoms with E-state index in [9.17, 15) is 9.18 Å². The van der Waals surface area contributed by atoms with E-state index in [1.807, 2.05) is 29.2 Å². The summed E-state index contributed by atoms with van der Waals surface area (Å²) in [5.74, 6) is 1.37. The first-order chi connectivity index (χ1) is 16.1. The Labute approximate surface area is 190 Å². The molecule has 1 atom stereocenters. The smallest absolute Gasteiger partial charge is 0.270 e. The Morgan fingerprint density at radius 3 is 2.79 bits per heavy atom. The Bertz CT molecular complexity index is 1260. The van der Waals surface area contributed by atoms with Gasteiger partial charge in [-0.25, -0.2) is 4.39 Å². The Morgan fingerprint density at radius 2 is 1.97 bits per heavy atom. The third-order valence-electron chi connectivity index (χ3n) is 6.06. The quantitative estimate of drug-likeness (QED) is 0.442. The average molecular weight is 448 g/mol. The maximum Gasteiger partial charge on any atom is 0.270 e. The topological polar surface area (TPSA) is 83.2 Å². The molecular weight excluding hydrogens is 423 g/mol. The van der Waals surface area contributed by atoms with Gasteiger partial charge in [0.25, 0.3) is 5.91 Å². The van der Waals surface area contributed by atoms with Crippen molar-refractivity contribution < 1.29 is 18.7 Å². The van der Waals surface area contributed by atoms with Crippen LogP contribution in [0.1, 0.15) is 34.2 Å². The number of benzene rings is 2. The molecule has 0 unspecified atom stereocenters. The van der Waals surface area contributed by atoms with Gasteiger partial charge in [0.15, 0.2) is 0 Å². The van der Waals surface area contributed by atoms with Gasteiger partial charge >= 0.3 is 0 Å². The van der Waals surface area contributed by atoms with Gasteiger partial charge in [-0.15, -0.1) is 0 Å². The highest BCUT2D eigenvalue weighted by Crippen LogP contribution is 2.28. The van der Waals surface area contributed by atoms with E-state index >= 15 is 0 Å². The number of nitrogens with one attached hydrogen (secondary N) is 2. The number of aromatic amines is 2. The van der Waals surface area contributed by atoms with Crippen molar-refractivity contribution >= 4 is 16.8 Å². The number of fused-ring (bicyclic) bond motifs is 1. The normalized spacial score (nSPS) is 15.8. The molecule has 0 spiro atoms. The molecule has 1 aliphatic rings. The van der Waals surface area contributed by atoms with Crippen molar-refractivity contribution in [3.63, 3.8) is 0 Å². The Balaban J connectivity index is 1.16. The number of carbonyl (C=O) groups excluding carboxylic acids is 1. The molecule has 1 fully saturated rings. The maximum atomic E-state index is 13.4. The summed E-state index contributed by atoms with van der Waals surface area (Å²) < 4.78 is 24.4. The maximum absolute atomic E-state index is 13.4. The SMILES string of the molecule is COc1ccc(OCCc2cc([C@H]3CCN(C(=O)c4cc5ccc(F)cc5[nH]4)C3)n[nH]2)cc1. The molecule has 1 saturated heterocycles. The van der Waals surface area contributed by atoms with Crippen LogP contribution in [0.15, 0.2) is 54.6 Å². The molecule has 0 bridgehead atoms. The molecular formula is C25H25FN4O3. The number of halogens is 1. The number of hydrogen-bond acceptors (Lipinski definition) is 4. The molecule has 5 rings (SSSR count). The summed E-state index contributed by atoms with van der Waals surface area (Å²) in [6, 6.07) is 15.8. The lowest BCUT2D eigenvalue weighted by atomic mass is 10.0. The number of methoxy groups -OCH3 is 1. The second-order valence-corrected chi connectivity index (χ2v) is 8.24. The van der Waals surface area contributed by atoms with E-state index in [0.717, 1.165) is 34.7 Å². The van der Waals surface area contributed by atoms with Crippen molar-refractivity contribution in [1.82, 2.24) is 20.1 Å². The fourth-order valence-corrected chi connectivity index (χ4v) is 4.24. The molecule has 1 aliphatic heterocycles. The summed E-state index contributed by atoms with van der Waals surface area (Å²) in [6.45, 7) is 1.80. The van der Waals surface area contributed by atoms with Crippen LogP contribution in [0.3, 0.4) is 0 Å². The van der Waals surface area contributed by atoms with Gasteiger partial charge in [0, 0.05) is 42.0 Å². The molecule has 0 aliphatic carbocycles. The summed E-state index contributed by atoms with van der Waals surface area (Å²) in [7, 11) is 1.63. The van der Waals surface area contributed by atoms with Gasteiger partial charge in [-0.3, -0.25) is 9.89 Å². The van der Waals surface area contributed by atoms with Crippen LogP contribution in [0.2, 0.25) is 0 Å².